The summed E-state index contributed by atoms with van der Waals surface area (Å²) in [6, 6.07) is 13.3. The molecular weight excluding hydrogens is 594 g/mol. The molecule has 1 saturated heterocycles. The van der Waals surface area contributed by atoms with Crippen LogP contribution in [0.3, 0.4) is 0 Å². The number of methoxy groups -OCH3 is 3. The van der Waals surface area contributed by atoms with E-state index in [0.29, 0.717) is 49.2 Å². The van der Waals surface area contributed by atoms with Crippen molar-refractivity contribution in [3.63, 3.8) is 0 Å². The first kappa shape index (κ1) is 32.2. The fourth-order valence-electron chi connectivity index (χ4n) is 5.76. The van der Waals surface area contributed by atoms with E-state index in [1.807, 2.05) is 42.5 Å². The molecule has 3 amide bonds. The molecule has 0 N–H and O–H groups in total. The smallest absolute Gasteiger partial charge is 0.242 e. The van der Waals surface area contributed by atoms with E-state index in [1.165, 1.54) is 18.7 Å². The van der Waals surface area contributed by atoms with Crippen molar-refractivity contribution in [3.8, 4) is 22.9 Å². The van der Waals surface area contributed by atoms with Gasteiger partial charge in [0.15, 0.2) is 11.5 Å². The number of aromatic nitrogens is 2. The molecule has 1 fully saturated rings. The molecule has 3 heterocycles. The second-order valence-electron chi connectivity index (χ2n) is 12.1. The quantitative estimate of drug-likeness (QED) is 0.383. The largest absolute Gasteiger partial charge is 0.497 e. The predicted molar refractivity (Wildman–Crippen MR) is 174 cm³/mol. The van der Waals surface area contributed by atoms with Gasteiger partial charge < -0.3 is 24.0 Å². The average Bonchev–Trinajstić information content (AvgIpc) is 3.38. The molecule has 1 atom stereocenters. The summed E-state index contributed by atoms with van der Waals surface area (Å²) in [5, 5.41) is 4.87. The molecule has 2 aromatic carbocycles. The Balaban J connectivity index is 1.67. The maximum atomic E-state index is 14.1. The highest BCUT2D eigenvalue weighted by atomic mass is 32.2. The van der Waals surface area contributed by atoms with E-state index in [4.69, 9.17) is 19.3 Å². The Hall–Kier alpha value is -4.19. The minimum absolute atomic E-state index is 0.00855. The van der Waals surface area contributed by atoms with E-state index in [2.05, 4.69) is 20.8 Å². The Bertz CT molecular complexity index is 1570. The first-order valence-corrected chi connectivity index (χ1v) is 16.0. The first-order valence-electron chi connectivity index (χ1n) is 14.9. The van der Waals surface area contributed by atoms with E-state index in [-0.39, 0.29) is 35.3 Å². The summed E-state index contributed by atoms with van der Waals surface area (Å²) in [4.78, 5) is 44.8. The number of anilines is 1. The summed E-state index contributed by atoms with van der Waals surface area (Å²) in [5.74, 6) is 2.25. The molecule has 0 bridgehead atoms. The molecule has 0 aliphatic carbocycles. The molecule has 11 nitrogen and oxygen atoms in total. The lowest BCUT2D eigenvalue weighted by Gasteiger charge is -2.35. The molecule has 1 aromatic heterocycles. The van der Waals surface area contributed by atoms with Crippen LogP contribution in [0, 0.1) is 0 Å². The zero-order valence-corrected chi connectivity index (χ0v) is 27.8. The Kier molecular flexibility index (Phi) is 9.33. The number of benzene rings is 2. The van der Waals surface area contributed by atoms with Crippen LogP contribution in [0.2, 0.25) is 0 Å². The lowest BCUT2D eigenvalue weighted by molar-refractivity contribution is -0.137. The fraction of sp³-hybridized carbons (Fsp3) is 0.455. The molecule has 0 radical (unpaired) electrons. The van der Waals surface area contributed by atoms with Crippen LogP contribution in [0.25, 0.3) is 5.69 Å². The van der Waals surface area contributed by atoms with Crippen molar-refractivity contribution in [1.29, 1.82) is 0 Å². The van der Waals surface area contributed by atoms with Crippen LogP contribution in [0.1, 0.15) is 49.8 Å². The summed E-state index contributed by atoms with van der Waals surface area (Å²) in [6.07, 6.45) is 0. The van der Waals surface area contributed by atoms with E-state index in [9.17, 15) is 14.4 Å². The average molecular weight is 636 g/mol. The number of rotatable bonds is 7. The minimum Gasteiger partial charge on any atom is -0.497 e. The number of carbonyl (C=O) groups is 3. The Morgan fingerprint density at radius 2 is 1.56 bits per heavy atom. The van der Waals surface area contributed by atoms with Crippen molar-refractivity contribution in [1.82, 2.24) is 19.6 Å². The standard InChI is InChI=1S/C33H41N5O6S/c1-21(39)35-14-16-36(17-15-35)27(40)19-37-28(41)20-45-30(22-8-13-25(43-6)26(18-22)44-7)29-31(33(2,3)4)34-38(32(29)37)23-9-11-24(42-5)12-10-23/h8-13,18,30H,14-17,19-20H2,1-7H3. The van der Waals surface area contributed by atoms with Crippen molar-refractivity contribution in [2.75, 3.05) is 64.7 Å². The molecule has 2 aliphatic heterocycles. The lowest BCUT2D eigenvalue weighted by atomic mass is 9.87. The summed E-state index contributed by atoms with van der Waals surface area (Å²) in [5.41, 5.74) is 2.96. The van der Waals surface area contributed by atoms with Gasteiger partial charge in [0.05, 0.1) is 43.7 Å². The van der Waals surface area contributed by atoms with Gasteiger partial charge in [-0.1, -0.05) is 26.8 Å². The number of fused-ring (bicyclic) bond motifs is 1. The van der Waals surface area contributed by atoms with Crippen LogP contribution >= 0.6 is 11.8 Å². The molecule has 3 aromatic rings. The number of amides is 3. The zero-order chi connectivity index (χ0) is 32.5. The highest BCUT2D eigenvalue weighted by Crippen LogP contribution is 2.49. The monoisotopic (exact) mass is 635 g/mol. The third-order valence-corrected chi connectivity index (χ3v) is 9.45. The van der Waals surface area contributed by atoms with E-state index >= 15 is 0 Å². The Morgan fingerprint density at radius 1 is 0.911 bits per heavy atom. The summed E-state index contributed by atoms with van der Waals surface area (Å²) < 4.78 is 18.3. The summed E-state index contributed by atoms with van der Waals surface area (Å²) in [6.45, 7) is 9.46. The zero-order valence-electron chi connectivity index (χ0n) is 27.0. The number of thioether (sulfide) groups is 1. The van der Waals surface area contributed by atoms with Crippen molar-refractivity contribution in [2.24, 2.45) is 0 Å². The van der Waals surface area contributed by atoms with Crippen LogP contribution in [0.4, 0.5) is 5.82 Å². The van der Waals surface area contributed by atoms with Gasteiger partial charge in [-0.15, -0.1) is 11.8 Å². The molecule has 5 rings (SSSR count). The molecule has 240 valence electrons. The maximum Gasteiger partial charge on any atom is 0.242 e. The van der Waals surface area contributed by atoms with Crippen molar-refractivity contribution in [2.45, 2.75) is 38.4 Å². The highest BCUT2D eigenvalue weighted by Gasteiger charge is 2.40. The van der Waals surface area contributed by atoms with E-state index < -0.39 is 5.41 Å². The van der Waals surface area contributed by atoms with Crippen molar-refractivity contribution < 1.29 is 28.6 Å². The number of carbonyl (C=O) groups excluding carboxylic acids is 3. The lowest BCUT2D eigenvalue weighted by Crippen LogP contribution is -2.53. The molecule has 2 aliphatic rings. The van der Waals surface area contributed by atoms with Crippen LogP contribution in [-0.4, -0.2) is 97.1 Å². The first-order chi connectivity index (χ1) is 21.5. The maximum absolute atomic E-state index is 14.1. The fourth-order valence-corrected chi connectivity index (χ4v) is 6.95. The van der Waals surface area contributed by atoms with Crippen LogP contribution in [0.15, 0.2) is 42.5 Å². The third-order valence-electron chi connectivity index (χ3n) is 8.20. The molecule has 12 heteroatoms. The van der Waals surface area contributed by atoms with Crippen molar-refractivity contribution >= 4 is 35.3 Å². The molecule has 1 unspecified atom stereocenters. The van der Waals surface area contributed by atoms with Gasteiger partial charge in [0.1, 0.15) is 18.1 Å². The normalized spacial score (nSPS) is 17.1. The Labute approximate surface area is 268 Å². The van der Waals surface area contributed by atoms with Gasteiger partial charge in [0, 0.05) is 44.1 Å². The Morgan fingerprint density at radius 3 is 2.13 bits per heavy atom. The van der Waals surface area contributed by atoms with Crippen molar-refractivity contribution in [3.05, 3.63) is 59.3 Å². The van der Waals surface area contributed by atoms with Gasteiger partial charge >= 0.3 is 0 Å². The number of hydrogen-bond acceptors (Lipinski definition) is 8. The summed E-state index contributed by atoms with van der Waals surface area (Å²) >= 11 is 1.51. The van der Waals surface area contributed by atoms with Gasteiger partial charge in [-0.2, -0.15) is 5.10 Å². The second kappa shape index (κ2) is 13.0. The SMILES string of the molecule is COc1ccc(-n2nc(C(C)(C)C)c3c2N(CC(=O)N2CCN(C(C)=O)CC2)C(=O)CSC3c2ccc(OC)c(OC)c2)cc1. The molecule has 0 saturated carbocycles. The van der Waals surface area contributed by atoms with Crippen LogP contribution in [0.5, 0.6) is 17.2 Å². The molecular formula is C33H41N5O6S. The van der Waals surface area contributed by atoms with Gasteiger partial charge in [-0.25, -0.2) is 4.68 Å². The topological polar surface area (TPSA) is 106 Å². The van der Waals surface area contributed by atoms with E-state index in [1.54, 1.807) is 40.7 Å². The number of piperazine rings is 1. The second-order valence-corrected chi connectivity index (χ2v) is 13.2. The minimum atomic E-state index is -0.400. The van der Waals surface area contributed by atoms with Crippen LogP contribution < -0.4 is 19.1 Å². The summed E-state index contributed by atoms with van der Waals surface area (Å²) in [7, 11) is 4.81. The molecule has 0 spiro atoms. The van der Waals surface area contributed by atoms with Crippen LogP contribution in [-0.2, 0) is 19.8 Å². The number of nitrogens with zero attached hydrogens (tertiary/aromatic N) is 5. The van der Waals surface area contributed by atoms with E-state index in [0.717, 1.165) is 22.5 Å². The predicted octanol–water partition coefficient (Wildman–Crippen LogP) is 4.06. The van der Waals surface area contributed by atoms with Gasteiger partial charge in [-0.05, 0) is 42.0 Å². The third kappa shape index (κ3) is 6.47. The number of hydrogen-bond donors (Lipinski definition) is 0. The highest BCUT2D eigenvalue weighted by molar-refractivity contribution is 8.00. The number of ether oxygens (including phenoxy) is 3. The van der Waals surface area contributed by atoms with Gasteiger partial charge in [0.2, 0.25) is 17.7 Å². The molecule has 45 heavy (non-hydrogen) atoms. The van der Waals surface area contributed by atoms with Gasteiger partial charge in [0.25, 0.3) is 0 Å². The van der Waals surface area contributed by atoms with Gasteiger partial charge in [-0.3, -0.25) is 19.3 Å².